The summed E-state index contributed by atoms with van der Waals surface area (Å²) in [5.41, 5.74) is 0. The molecule has 0 atom stereocenters. The van der Waals surface area contributed by atoms with Gasteiger partial charge in [0, 0.05) is 7.11 Å². The molecule has 0 aromatic carbocycles. The summed E-state index contributed by atoms with van der Waals surface area (Å²) in [6.07, 6.45) is 0. The number of rotatable bonds is 4. The van der Waals surface area contributed by atoms with Gasteiger partial charge in [0.25, 0.3) is 0 Å². The molecule has 0 aliphatic rings. The first kappa shape index (κ1) is 14.1. The van der Waals surface area contributed by atoms with Gasteiger partial charge in [0.05, 0.1) is 0 Å². The maximum Gasteiger partial charge on any atom is 0.238 e. The Bertz CT molecular complexity index is 182. The quantitative estimate of drug-likeness (QED) is 0.315. The summed E-state index contributed by atoms with van der Waals surface area (Å²) in [6, 6.07) is 0. The Balaban J connectivity index is 4.27. The highest BCUT2D eigenvalue weighted by molar-refractivity contribution is 6.73. The first-order valence-electron chi connectivity index (χ1n) is 4.94. The van der Waals surface area contributed by atoms with Crippen molar-refractivity contribution in [1.29, 1.82) is 0 Å². The van der Waals surface area contributed by atoms with E-state index in [4.69, 9.17) is 14.2 Å². The Morgan fingerprint density at radius 1 is 0.929 bits per heavy atom. The molecule has 0 saturated heterocycles. The van der Waals surface area contributed by atoms with E-state index in [0.717, 1.165) is 0 Å². The van der Waals surface area contributed by atoms with Gasteiger partial charge in [-0.2, -0.15) is 0 Å². The molecule has 14 heavy (non-hydrogen) atoms. The Labute approximate surface area is 88.8 Å². The van der Waals surface area contributed by atoms with Crippen molar-refractivity contribution >= 4 is 8.32 Å². The largest absolute Gasteiger partial charge is 0.351 e. The maximum absolute atomic E-state index is 5.56. The zero-order valence-electron chi connectivity index (χ0n) is 10.7. The first-order valence-corrected chi connectivity index (χ1v) is 7.85. The van der Waals surface area contributed by atoms with Gasteiger partial charge in [0.2, 0.25) is 8.32 Å². The Kier molecular flexibility index (Phi) is 4.34. The third-order valence-corrected chi connectivity index (χ3v) is 6.86. The van der Waals surface area contributed by atoms with Crippen LogP contribution in [0.5, 0.6) is 0 Å². The lowest BCUT2D eigenvalue weighted by Crippen LogP contribution is -2.43. The van der Waals surface area contributed by atoms with Crippen molar-refractivity contribution in [2.24, 2.45) is 0 Å². The Morgan fingerprint density at radius 3 is 1.64 bits per heavy atom. The third kappa shape index (κ3) is 4.08. The van der Waals surface area contributed by atoms with E-state index in [-0.39, 0.29) is 5.04 Å². The van der Waals surface area contributed by atoms with Crippen LogP contribution in [0.15, 0.2) is 0 Å². The molecule has 86 valence electrons. The number of hydrogen-bond acceptors (Lipinski definition) is 3. The van der Waals surface area contributed by atoms with Gasteiger partial charge in [0.1, 0.15) is 0 Å². The molecule has 3 nitrogen and oxygen atoms in total. The molecule has 0 heterocycles. The van der Waals surface area contributed by atoms with Crippen molar-refractivity contribution < 1.29 is 14.2 Å². The fourth-order valence-corrected chi connectivity index (χ4v) is 1.02. The fraction of sp³-hybridized carbons (Fsp3) is 1.00. The van der Waals surface area contributed by atoms with Crippen LogP contribution in [0.4, 0.5) is 0 Å². The molecule has 0 saturated carbocycles. The SMILES string of the molecule is COC(C)(C)OO[Si](C)(C)C(C)(C)C. The molecular formula is C10H24O3Si. The summed E-state index contributed by atoms with van der Waals surface area (Å²) in [4.78, 5) is 5.31. The van der Waals surface area contributed by atoms with Gasteiger partial charge in [0.15, 0.2) is 5.79 Å². The predicted molar refractivity (Wildman–Crippen MR) is 60.5 cm³/mol. The van der Waals surface area contributed by atoms with E-state index in [2.05, 4.69) is 33.9 Å². The molecule has 0 amide bonds. The summed E-state index contributed by atoms with van der Waals surface area (Å²) in [6.45, 7) is 14.4. The van der Waals surface area contributed by atoms with Crippen molar-refractivity contribution in [1.82, 2.24) is 0 Å². The Hall–Kier alpha value is 0.0969. The lowest BCUT2D eigenvalue weighted by molar-refractivity contribution is -0.369. The zero-order chi connectivity index (χ0) is 11.6. The molecular weight excluding hydrogens is 196 g/mol. The highest BCUT2D eigenvalue weighted by atomic mass is 28.4. The van der Waals surface area contributed by atoms with Crippen LogP contribution in [-0.4, -0.2) is 21.2 Å². The highest BCUT2D eigenvalue weighted by Crippen LogP contribution is 2.37. The van der Waals surface area contributed by atoms with Crippen LogP contribution in [0.2, 0.25) is 18.1 Å². The van der Waals surface area contributed by atoms with E-state index in [9.17, 15) is 0 Å². The summed E-state index contributed by atoms with van der Waals surface area (Å²) >= 11 is 0. The van der Waals surface area contributed by atoms with Gasteiger partial charge in [-0.3, -0.25) is 4.58 Å². The lowest BCUT2D eigenvalue weighted by Gasteiger charge is -2.36. The normalized spacial score (nSPS) is 14.6. The second-order valence-electron chi connectivity index (χ2n) is 5.53. The molecule has 0 rings (SSSR count). The van der Waals surface area contributed by atoms with Crippen LogP contribution in [0.1, 0.15) is 34.6 Å². The summed E-state index contributed by atoms with van der Waals surface area (Å²) < 4.78 is 10.7. The first-order chi connectivity index (χ1) is 6.02. The minimum absolute atomic E-state index is 0.150. The van der Waals surface area contributed by atoms with E-state index in [0.29, 0.717) is 0 Å². The molecule has 4 heteroatoms. The Morgan fingerprint density at radius 2 is 1.36 bits per heavy atom. The van der Waals surface area contributed by atoms with Gasteiger partial charge in [-0.25, -0.2) is 4.89 Å². The van der Waals surface area contributed by atoms with Gasteiger partial charge in [-0.05, 0) is 32.0 Å². The van der Waals surface area contributed by atoms with Crippen LogP contribution in [0.3, 0.4) is 0 Å². The highest BCUT2D eigenvalue weighted by Gasteiger charge is 2.40. The van der Waals surface area contributed by atoms with Crippen LogP contribution >= 0.6 is 0 Å². The predicted octanol–water partition coefficient (Wildman–Crippen LogP) is 3.32. The maximum atomic E-state index is 5.56. The van der Waals surface area contributed by atoms with E-state index in [1.165, 1.54) is 0 Å². The van der Waals surface area contributed by atoms with Crippen molar-refractivity contribution in [3.63, 3.8) is 0 Å². The molecule has 0 fully saturated rings. The second-order valence-corrected chi connectivity index (χ2v) is 10.2. The minimum atomic E-state index is -1.83. The number of hydrogen-bond donors (Lipinski definition) is 0. The minimum Gasteiger partial charge on any atom is -0.351 e. The van der Waals surface area contributed by atoms with Crippen molar-refractivity contribution in [3.8, 4) is 0 Å². The summed E-state index contributed by atoms with van der Waals surface area (Å²) in [5, 5.41) is 0.150. The lowest BCUT2D eigenvalue weighted by atomic mass is 10.2. The van der Waals surface area contributed by atoms with Crippen LogP contribution in [-0.2, 0) is 14.2 Å². The molecule has 0 aliphatic heterocycles. The zero-order valence-corrected chi connectivity index (χ0v) is 11.7. The van der Waals surface area contributed by atoms with Gasteiger partial charge < -0.3 is 4.74 Å². The van der Waals surface area contributed by atoms with Gasteiger partial charge in [-0.15, -0.1) is 0 Å². The molecule has 0 unspecified atom stereocenters. The van der Waals surface area contributed by atoms with Crippen LogP contribution in [0, 0.1) is 0 Å². The van der Waals surface area contributed by atoms with Crippen molar-refractivity contribution in [2.45, 2.75) is 58.5 Å². The van der Waals surface area contributed by atoms with E-state index in [1.807, 2.05) is 13.8 Å². The van der Waals surface area contributed by atoms with E-state index in [1.54, 1.807) is 7.11 Å². The third-order valence-electron chi connectivity index (χ3n) is 2.75. The van der Waals surface area contributed by atoms with Crippen LogP contribution in [0.25, 0.3) is 0 Å². The molecule has 0 radical (unpaired) electrons. The average molecular weight is 220 g/mol. The number of methoxy groups -OCH3 is 1. The standard InChI is InChI=1S/C10H24O3Si/c1-9(2,3)14(7,8)13-12-10(4,5)11-6/h1-8H3. The summed E-state index contributed by atoms with van der Waals surface area (Å²) in [5.74, 6) is -0.671. The molecule has 0 bridgehead atoms. The fourth-order valence-electron chi connectivity index (χ4n) is 0.364. The molecule has 0 aromatic heterocycles. The second kappa shape index (κ2) is 4.31. The molecule has 0 N–H and O–H groups in total. The van der Waals surface area contributed by atoms with Gasteiger partial charge in [-0.1, -0.05) is 20.8 Å². The smallest absolute Gasteiger partial charge is 0.238 e. The monoisotopic (exact) mass is 220 g/mol. The van der Waals surface area contributed by atoms with Crippen LogP contribution < -0.4 is 0 Å². The van der Waals surface area contributed by atoms with Crippen molar-refractivity contribution in [2.75, 3.05) is 7.11 Å². The topological polar surface area (TPSA) is 27.7 Å². The molecule has 0 aliphatic carbocycles. The van der Waals surface area contributed by atoms with Gasteiger partial charge >= 0.3 is 0 Å². The average Bonchev–Trinajstić information content (AvgIpc) is 1.99. The van der Waals surface area contributed by atoms with E-state index < -0.39 is 14.1 Å². The number of ether oxygens (including phenoxy) is 1. The van der Waals surface area contributed by atoms with E-state index >= 15 is 0 Å². The molecule has 0 aromatic rings. The molecule has 0 spiro atoms. The summed E-state index contributed by atoms with van der Waals surface area (Å²) in [7, 11) is -0.227. The van der Waals surface area contributed by atoms with Crippen molar-refractivity contribution in [3.05, 3.63) is 0 Å².